The van der Waals surface area contributed by atoms with Crippen LogP contribution < -0.4 is 4.74 Å². The van der Waals surface area contributed by atoms with E-state index in [1.54, 1.807) is 18.9 Å². The highest BCUT2D eigenvalue weighted by Crippen LogP contribution is 2.18. The van der Waals surface area contributed by atoms with E-state index in [0.717, 1.165) is 22.6 Å². The molecule has 0 aliphatic rings. The Morgan fingerprint density at radius 3 is 2.76 bits per heavy atom. The molecule has 0 atom stereocenters. The fourth-order valence-electron chi connectivity index (χ4n) is 2.78. The predicted octanol–water partition coefficient (Wildman–Crippen LogP) is 3.40. The topological polar surface area (TPSA) is 47.4 Å². The second-order valence-electron chi connectivity index (χ2n) is 6.21. The zero-order chi connectivity index (χ0) is 17.8. The van der Waals surface area contributed by atoms with Crippen LogP contribution >= 0.6 is 0 Å². The standard InChI is InChI=1S/C20H23N3O2/c1-15-7-6-8-17(13-15)25-12-11-23-19-10-5-4-9-18(19)21-20(23)14-22(3)16(2)24/h4-10,13H,11-12,14H2,1-3H3. The Morgan fingerprint density at radius 2 is 2.00 bits per heavy atom. The van der Waals surface area contributed by atoms with Gasteiger partial charge in [0.1, 0.15) is 18.2 Å². The minimum atomic E-state index is 0.0228. The lowest BCUT2D eigenvalue weighted by Crippen LogP contribution is -2.25. The van der Waals surface area contributed by atoms with Crippen molar-refractivity contribution in [2.24, 2.45) is 0 Å². The number of hydrogen-bond donors (Lipinski definition) is 0. The van der Waals surface area contributed by atoms with E-state index < -0.39 is 0 Å². The lowest BCUT2D eigenvalue weighted by atomic mass is 10.2. The summed E-state index contributed by atoms with van der Waals surface area (Å²) in [6, 6.07) is 16.0. The van der Waals surface area contributed by atoms with Gasteiger partial charge in [0.15, 0.2) is 0 Å². The smallest absolute Gasteiger partial charge is 0.219 e. The molecule has 1 amide bonds. The Hall–Kier alpha value is -2.82. The maximum atomic E-state index is 11.6. The van der Waals surface area contributed by atoms with Crippen molar-refractivity contribution in [2.45, 2.75) is 26.9 Å². The van der Waals surface area contributed by atoms with Crippen LogP contribution in [-0.2, 0) is 17.9 Å². The van der Waals surface area contributed by atoms with E-state index in [0.29, 0.717) is 19.7 Å². The van der Waals surface area contributed by atoms with Crippen molar-refractivity contribution in [1.29, 1.82) is 0 Å². The highest BCUT2D eigenvalue weighted by atomic mass is 16.5. The number of ether oxygens (including phenoxy) is 1. The monoisotopic (exact) mass is 337 g/mol. The lowest BCUT2D eigenvalue weighted by molar-refractivity contribution is -0.128. The minimum absolute atomic E-state index is 0.0228. The van der Waals surface area contributed by atoms with Crippen LogP contribution in [0.25, 0.3) is 11.0 Å². The zero-order valence-electron chi connectivity index (χ0n) is 14.9. The molecule has 0 aliphatic carbocycles. The maximum Gasteiger partial charge on any atom is 0.219 e. The van der Waals surface area contributed by atoms with Crippen molar-refractivity contribution in [1.82, 2.24) is 14.5 Å². The largest absolute Gasteiger partial charge is 0.492 e. The molecule has 5 nitrogen and oxygen atoms in total. The van der Waals surface area contributed by atoms with Crippen LogP contribution in [0.2, 0.25) is 0 Å². The van der Waals surface area contributed by atoms with Gasteiger partial charge in [-0.1, -0.05) is 24.3 Å². The van der Waals surface area contributed by atoms with Crippen molar-refractivity contribution < 1.29 is 9.53 Å². The third-order valence-corrected chi connectivity index (χ3v) is 4.22. The zero-order valence-corrected chi connectivity index (χ0v) is 14.9. The molecule has 2 aromatic carbocycles. The number of fused-ring (bicyclic) bond motifs is 1. The summed E-state index contributed by atoms with van der Waals surface area (Å²) in [4.78, 5) is 17.9. The number of amides is 1. The van der Waals surface area contributed by atoms with Crippen molar-refractivity contribution in [3.05, 3.63) is 59.9 Å². The minimum Gasteiger partial charge on any atom is -0.492 e. The van der Waals surface area contributed by atoms with Gasteiger partial charge in [-0.05, 0) is 36.8 Å². The maximum absolute atomic E-state index is 11.6. The summed E-state index contributed by atoms with van der Waals surface area (Å²) in [5.41, 5.74) is 3.17. The molecular weight excluding hydrogens is 314 g/mol. The number of aryl methyl sites for hydroxylation is 1. The Morgan fingerprint density at radius 1 is 1.20 bits per heavy atom. The van der Waals surface area contributed by atoms with Crippen molar-refractivity contribution in [2.75, 3.05) is 13.7 Å². The summed E-state index contributed by atoms with van der Waals surface area (Å²) in [5, 5.41) is 0. The number of hydrogen-bond acceptors (Lipinski definition) is 3. The number of benzene rings is 2. The number of carbonyl (C=O) groups excluding carboxylic acids is 1. The third kappa shape index (κ3) is 3.99. The SMILES string of the molecule is CC(=O)N(C)Cc1nc2ccccc2n1CCOc1cccc(C)c1. The first-order valence-corrected chi connectivity index (χ1v) is 8.40. The van der Waals surface area contributed by atoms with Gasteiger partial charge in [-0.25, -0.2) is 4.98 Å². The number of imidazole rings is 1. The summed E-state index contributed by atoms with van der Waals surface area (Å²) < 4.78 is 8.02. The molecule has 5 heteroatoms. The molecule has 0 saturated heterocycles. The first-order valence-electron chi connectivity index (χ1n) is 8.40. The number of rotatable bonds is 6. The molecule has 0 aliphatic heterocycles. The second-order valence-corrected chi connectivity index (χ2v) is 6.21. The summed E-state index contributed by atoms with van der Waals surface area (Å²) in [5.74, 6) is 1.76. The van der Waals surface area contributed by atoms with Crippen LogP contribution in [0.3, 0.4) is 0 Å². The molecule has 0 N–H and O–H groups in total. The molecule has 1 heterocycles. The summed E-state index contributed by atoms with van der Waals surface area (Å²) in [6.45, 7) is 5.31. The first-order chi connectivity index (χ1) is 12.0. The number of aromatic nitrogens is 2. The summed E-state index contributed by atoms with van der Waals surface area (Å²) in [7, 11) is 1.79. The van der Waals surface area contributed by atoms with Gasteiger partial charge in [0.25, 0.3) is 0 Å². The molecule has 25 heavy (non-hydrogen) atoms. The van der Waals surface area contributed by atoms with Gasteiger partial charge in [0, 0.05) is 14.0 Å². The van der Waals surface area contributed by atoms with Gasteiger partial charge >= 0.3 is 0 Å². The molecule has 0 saturated carbocycles. The average molecular weight is 337 g/mol. The van der Waals surface area contributed by atoms with Crippen LogP contribution in [0, 0.1) is 6.92 Å². The highest BCUT2D eigenvalue weighted by Gasteiger charge is 2.13. The summed E-state index contributed by atoms with van der Waals surface area (Å²) in [6.07, 6.45) is 0. The molecule has 0 spiro atoms. The molecule has 3 aromatic rings. The first kappa shape index (κ1) is 17.0. The van der Waals surface area contributed by atoms with Crippen LogP contribution in [0.5, 0.6) is 5.75 Å². The Labute approximate surface area is 147 Å². The predicted molar refractivity (Wildman–Crippen MR) is 98.6 cm³/mol. The fourth-order valence-corrected chi connectivity index (χ4v) is 2.78. The normalized spacial score (nSPS) is 10.8. The Balaban J connectivity index is 1.79. The lowest BCUT2D eigenvalue weighted by Gasteiger charge is -2.16. The van der Waals surface area contributed by atoms with E-state index in [-0.39, 0.29) is 5.91 Å². The molecule has 130 valence electrons. The molecule has 0 radical (unpaired) electrons. The van der Waals surface area contributed by atoms with Crippen molar-refractivity contribution in [3.8, 4) is 5.75 Å². The Kier molecular flexibility index (Phi) is 5.03. The number of para-hydroxylation sites is 2. The number of carbonyl (C=O) groups is 1. The van der Waals surface area contributed by atoms with Gasteiger partial charge in [-0.2, -0.15) is 0 Å². The van der Waals surface area contributed by atoms with Crippen LogP contribution in [0.1, 0.15) is 18.3 Å². The third-order valence-electron chi connectivity index (χ3n) is 4.22. The van der Waals surface area contributed by atoms with Crippen LogP contribution in [0.4, 0.5) is 0 Å². The number of nitrogens with zero attached hydrogens (tertiary/aromatic N) is 3. The Bertz CT molecular complexity index is 886. The van der Waals surface area contributed by atoms with E-state index >= 15 is 0 Å². The molecule has 1 aromatic heterocycles. The fraction of sp³-hybridized carbons (Fsp3) is 0.300. The van der Waals surface area contributed by atoms with E-state index in [4.69, 9.17) is 4.74 Å². The van der Waals surface area contributed by atoms with Gasteiger partial charge < -0.3 is 14.2 Å². The van der Waals surface area contributed by atoms with E-state index in [2.05, 4.69) is 9.55 Å². The van der Waals surface area contributed by atoms with Crippen LogP contribution in [-0.4, -0.2) is 34.0 Å². The summed E-state index contributed by atoms with van der Waals surface area (Å²) >= 11 is 0. The van der Waals surface area contributed by atoms with E-state index in [1.165, 1.54) is 5.56 Å². The van der Waals surface area contributed by atoms with Gasteiger partial charge in [-0.3, -0.25) is 4.79 Å². The highest BCUT2D eigenvalue weighted by molar-refractivity contribution is 5.76. The van der Waals surface area contributed by atoms with Crippen LogP contribution in [0.15, 0.2) is 48.5 Å². The second kappa shape index (κ2) is 7.38. The molecular formula is C20H23N3O2. The van der Waals surface area contributed by atoms with E-state index in [9.17, 15) is 4.79 Å². The van der Waals surface area contributed by atoms with Crippen molar-refractivity contribution in [3.63, 3.8) is 0 Å². The average Bonchev–Trinajstić information content (AvgIpc) is 2.92. The van der Waals surface area contributed by atoms with Crippen molar-refractivity contribution >= 4 is 16.9 Å². The molecule has 0 fully saturated rings. The molecule has 3 rings (SSSR count). The quantitative estimate of drug-likeness (QED) is 0.692. The molecule has 0 unspecified atom stereocenters. The van der Waals surface area contributed by atoms with Gasteiger partial charge in [0.2, 0.25) is 5.91 Å². The van der Waals surface area contributed by atoms with E-state index in [1.807, 2.05) is 55.5 Å². The molecule has 0 bridgehead atoms. The van der Waals surface area contributed by atoms with Gasteiger partial charge in [0.05, 0.1) is 24.1 Å². The van der Waals surface area contributed by atoms with Gasteiger partial charge in [-0.15, -0.1) is 0 Å².